The van der Waals surface area contributed by atoms with Gasteiger partial charge in [0.25, 0.3) is 0 Å². The molecule has 0 aliphatic rings. The van der Waals surface area contributed by atoms with E-state index < -0.39 is 0 Å². The van der Waals surface area contributed by atoms with Gasteiger partial charge in [-0.1, -0.05) is 60.7 Å². The Morgan fingerprint density at radius 3 is 2.10 bits per heavy atom. The maximum Gasteiger partial charge on any atom is 0.230 e. The van der Waals surface area contributed by atoms with E-state index in [-0.39, 0.29) is 0 Å². The van der Waals surface area contributed by atoms with Gasteiger partial charge in [-0.3, -0.25) is 0 Å². The number of benzene rings is 4. The summed E-state index contributed by atoms with van der Waals surface area (Å²) in [5, 5.41) is 4.33. The molecule has 1 aromatic heterocycles. The number of nitrogens with one attached hydrogen (secondary N) is 1. The van der Waals surface area contributed by atoms with Crippen molar-refractivity contribution in [3.05, 3.63) is 115 Å². The van der Waals surface area contributed by atoms with Crippen molar-refractivity contribution in [2.45, 2.75) is 6.54 Å². The predicted molar refractivity (Wildman–Crippen MR) is 125 cm³/mol. The molecule has 0 fully saturated rings. The highest BCUT2D eigenvalue weighted by Crippen LogP contribution is 2.30. The van der Waals surface area contributed by atoms with Crippen molar-refractivity contribution in [1.29, 1.82) is 0 Å². The second-order valence-electron chi connectivity index (χ2n) is 7.20. The Hall–Kier alpha value is -4.18. The Balaban J connectivity index is 1.43. The minimum Gasteiger partial charge on any atom is -0.438 e. The SMILES string of the molecule is c1ccc(CNc2ccc(-c3nc(Oc4ccccc4)c4ccccc4n3)cc2)cc1. The zero-order chi connectivity index (χ0) is 20.9. The topological polar surface area (TPSA) is 47.0 Å². The van der Waals surface area contributed by atoms with Crippen LogP contribution in [0, 0.1) is 0 Å². The largest absolute Gasteiger partial charge is 0.438 e. The number of para-hydroxylation sites is 2. The lowest BCUT2D eigenvalue weighted by atomic mass is 10.1. The van der Waals surface area contributed by atoms with E-state index in [1.54, 1.807) is 0 Å². The Morgan fingerprint density at radius 2 is 1.32 bits per heavy atom. The lowest BCUT2D eigenvalue weighted by Crippen LogP contribution is -1.99. The van der Waals surface area contributed by atoms with Gasteiger partial charge in [-0.15, -0.1) is 0 Å². The van der Waals surface area contributed by atoms with Gasteiger partial charge in [0.05, 0.1) is 10.9 Å². The zero-order valence-corrected chi connectivity index (χ0v) is 16.9. The molecule has 0 atom stereocenters. The van der Waals surface area contributed by atoms with Crippen molar-refractivity contribution in [3.8, 4) is 23.0 Å². The van der Waals surface area contributed by atoms with Gasteiger partial charge in [-0.2, -0.15) is 4.98 Å². The molecule has 0 amide bonds. The van der Waals surface area contributed by atoms with Crippen LogP contribution in [0.3, 0.4) is 0 Å². The molecule has 0 saturated carbocycles. The number of aromatic nitrogens is 2. The molecule has 5 rings (SSSR count). The normalized spacial score (nSPS) is 10.7. The Morgan fingerprint density at radius 1 is 0.645 bits per heavy atom. The molecule has 4 aromatic carbocycles. The fourth-order valence-corrected chi connectivity index (χ4v) is 3.39. The number of fused-ring (bicyclic) bond motifs is 1. The van der Waals surface area contributed by atoms with E-state index in [0.29, 0.717) is 11.7 Å². The van der Waals surface area contributed by atoms with Gasteiger partial charge in [-0.05, 0) is 54.1 Å². The average Bonchev–Trinajstić information content (AvgIpc) is 2.84. The number of nitrogens with zero attached hydrogens (tertiary/aromatic N) is 2. The second-order valence-corrected chi connectivity index (χ2v) is 7.20. The summed E-state index contributed by atoms with van der Waals surface area (Å²) in [7, 11) is 0. The molecule has 0 aliphatic carbocycles. The predicted octanol–water partition coefficient (Wildman–Crippen LogP) is 6.70. The highest BCUT2D eigenvalue weighted by molar-refractivity contribution is 5.85. The Labute approximate surface area is 181 Å². The van der Waals surface area contributed by atoms with Crippen LogP contribution in [0.2, 0.25) is 0 Å². The molecule has 0 unspecified atom stereocenters. The van der Waals surface area contributed by atoms with Crippen molar-refractivity contribution in [2.75, 3.05) is 5.32 Å². The Bertz CT molecular complexity index is 1290. The third kappa shape index (κ3) is 4.38. The quantitative estimate of drug-likeness (QED) is 0.343. The van der Waals surface area contributed by atoms with E-state index in [1.807, 2.05) is 84.9 Å². The molecule has 0 spiro atoms. The summed E-state index contributed by atoms with van der Waals surface area (Å²) in [6.45, 7) is 0.779. The Kier molecular flexibility index (Phi) is 5.27. The highest BCUT2D eigenvalue weighted by Gasteiger charge is 2.11. The molecule has 1 N–H and O–H groups in total. The second kappa shape index (κ2) is 8.67. The molecule has 0 saturated heterocycles. The van der Waals surface area contributed by atoms with Crippen molar-refractivity contribution < 1.29 is 4.74 Å². The lowest BCUT2D eigenvalue weighted by Gasteiger charge is -2.11. The van der Waals surface area contributed by atoms with Crippen LogP contribution < -0.4 is 10.1 Å². The summed E-state index contributed by atoms with van der Waals surface area (Å²) in [5.74, 6) is 1.94. The van der Waals surface area contributed by atoms with E-state index >= 15 is 0 Å². The smallest absolute Gasteiger partial charge is 0.230 e. The number of hydrogen-bond acceptors (Lipinski definition) is 4. The first-order valence-corrected chi connectivity index (χ1v) is 10.2. The van der Waals surface area contributed by atoms with Crippen LogP contribution in [0.25, 0.3) is 22.3 Å². The summed E-state index contributed by atoms with van der Waals surface area (Å²) in [6, 6.07) is 36.1. The molecular weight excluding hydrogens is 382 g/mol. The molecule has 0 aliphatic heterocycles. The summed E-state index contributed by atoms with van der Waals surface area (Å²) < 4.78 is 6.10. The highest BCUT2D eigenvalue weighted by atomic mass is 16.5. The maximum atomic E-state index is 6.10. The molecular formula is C27H21N3O. The van der Waals surface area contributed by atoms with E-state index in [0.717, 1.165) is 34.4 Å². The van der Waals surface area contributed by atoms with Crippen LogP contribution in [-0.4, -0.2) is 9.97 Å². The molecule has 4 heteroatoms. The van der Waals surface area contributed by atoms with Gasteiger partial charge < -0.3 is 10.1 Å². The van der Waals surface area contributed by atoms with Crippen molar-refractivity contribution in [1.82, 2.24) is 9.97 Å². The monoisotopic (exact) mass is 403 g/mol. The number of ether oxygens (including phenoxy) is 1. The van der Waals surface area contributed by atoms with Gasteiger partial charge in [0.2, 0.25) is 5.88 Å². The number of hydrogen-bond donors (Lipinski definition) is 1. The van der Waals surface area contributed by atoms with Crippen LogP contribution in [0.5, 0.6) is 11.6 Å². The summed E-state index contributed by atoms with van der Waals surface area (Å²) >= 11 is 0. The van der Waals surface area contributed by atoms with Crippen molar-refractivity contribution in [3.63, 3.8) is 0 Å². The molecule has 1 heterocycles. The minimum atomic E-state index is 0.554. The fraction of sp³-hybridized carbons (Fsp3) is 0.0370. The summed E-state index contributed by atoms with van der Waals surface area (Å²) in [5.41, 5.74) is 4.08. The van der Waals surface area contributed by atoms with E-state index in [2.05, 4.69) is 29.6 Å². The summed E-state index contributed by atoms with van der Waals surface area (Å²) in [6.07, 6.45) is 0. The van der Waals surface area contributed by atoms with Crippen LogP contribution in [0.1, 0.15) is 5.56 Å². The minimum absolute atomic E-state index is 0.554. The third-order valence-electron chi connectivity index (χ3n) is 5.01. The van der Waals surface area contributed by atoms with Gasteiger partial charge in [0, 0.05) is 17.8 Å². The summed E-state index contributed by atoms with van der Waals surface area (Å²) in [4.78, 5) is 9.50. The van der Waals surface area contributed by atoms with E-state index in [9.17, 15) is 0 Å². The molecule has 0 bridgehead atoms. The molecule has 0 radical (unpaired) electrons. The standard InChI is InChI=1S/C27H21N3O/c1-3-9-20(10-4-1)19-28-22-17-15-21(16-18-22)26-29-25-14-8-7-13-24(25)27(30-26)31-23-11-5-2-6-12-23/h1-18,28H,19H2. The van der Waals surface area contributed by atoms with E-state index in [4.69, 9.17) is 14.7 Å². The zero-order valence-electron chi connectivity index (χ0n) is 16.9. The first kappa shape index (κ1) is 18.8. The maximum absolute atomic E-state index is 6.10. The third-order valence-corrected chi connectivity index (χ3v) is 5.01. The van der Waals surface area contributed by atoms with Gasteiger partial charge in [0.1, 0.15) is 5.75 Å². The van der Waals surface area contributed by atoms with Crippen molar-refractivity contribution >= 4 is 16.6 Å². The van der Waals surface area contributed by atoms with E-state index in [1.165, 1.54) is 5.56 Å². The molecule has 150 valence electrons. The lowest BCUT2D eigenvalue weighted by molar-refractivity contribution is 0.469. The van der Waals surface area contributed by atoms with Crippen LogP contribution in [0.4, 0.5) is 5.69 Å². The van der Waals surface area contributed by atoms with Crippen LogP contribution in [0.15, 0.2) is 109 Å². The molecule has 5 aromatic rings. The van der Waals surface area contributed by atoms with Gasteiger partial charge in [-0.25, -0.2) is 4.98 Å². The first-order chi connectivity index (χ1) is 15.3. The van der Waals surface area contributed by atoms with Gasteiger partial charge in [0.15, 0.2) is 5.82 Å². The fourth-order valence-electron chi connectivity index (χ4n) is 3.39. The first-order valence-electron chi connectivity index (χ1n) is 10.2. The van der Waals surface area contributed by atoms with Crippen LogP contribution in [-0.2, 0) is 6.54 Å². The molecule has 31 heavy (non-hydrogen) atoms. The number of anilines is 1. The molecule has 4 nitrogen and oxygen atoms in total. The van der Waals surface area contributed by atoms with Crippen LogP contribution >= 0.6 is 0 Å². The van der Waals surface area contributed by atoms with Crippen molar-refractivity contribution in [2.24, 2.45) is 0 Å². The van der Waals surface area contributed by atoms with Gasteiger partial charge >= 0.3 is 0 Å². The average molecular weight is 403 g/mol. The number of rotatable bonds is 6.